The van der Waals surface area contributed by atoms with Gasteiger partial charge in [0.2, 0.25) is 0 Å². The van der Waals surface area contributed by atoms with E-state index in [0.29, 0.717) is 17.3 Å². The van der Waals surface area contributed by atoms with Crippen molar-refractivity contribution in [2.75, 3.05) is 33.2 Å². The Balaban J connectivity index is 1.39. The second-order valence-corrected chi connectivity index (χ2v) is 7.38. The number of carbonyl (C=O) groups is 1. The molecule has 4 heterocycles. The van der Waals surface area contributed by atoms with E-state index < -0.39 is 0 Å². The van der Waals surface area contributed by atoms with Gasteiger partial charge in [-0.3, -0.25) is 9.69 Å². The third-order valence-electron chi connectivity index (χ3n) is 5.51. The number of piperidine rings is 1. The van der Waals surface area contributed by atoms with Gasteiger partial charge in [-0.2, -0.15) is 5.10 Å². The van der Waals surface area contributed by atoms with Crippen LogP contribution >= 0.6 is 0 Å². The van der Waals surface area contributed by atoms with Crippen LogP contribution in [0.3, 0.4) is 0 Å². The lowest BCUT2D eigenvalue weighted by Crippen LogP contribution is -2.44. The van der Waals surface area contributed by atoms with Crippen LogP contribution in [0.2, 0.25) is 0 Å². The molecule has 2 aromatic rings. The van der Waals surface area contributed by atoms with Gasteiger partial charge in [0, 0.05) is 37.1 Å². The molecule has 134 valence electrons. The maximum atomic E-state index is 12.7. The lowest BCUT2D eigenvalue weighted by molar-refractivity contribution is 0.0933. The molecule has 0 radical (unpaired) electrons. The van der Waals surface area contributed by atoms with Crippen LogP contribution in [0.25, 0.3) is 5.65 Å². The molecule has 2 aromatic heterocycles. The zero-order valence-corrected chi connectivity index (χ0v) is 15.0. The summed E-state index contributed by atoms with van der Waals surface area (Å²) in [5.41, 5.74) is 2.07. The fourth-order valence-corrected chi connectivity index (χ4v) is 3.98. The fraction of sp³-hybridized carbons (Fsp3) is 0.611. The number of fused-ring (bicyclic) bond motifs is 1. The van der Waals surface area contributed by atoms with Crippen molar-refractivity contribution in [1.29, 1.82) is 0 Å². The summed E-state index contributed by atoms with van der Waals surface area (Å²) in [5.74, 6) is -0.0664. The molecule has 0 spiro atoms. The highest BCUT2D eigenvalue weighted by Gasteiger charge is 2.31. The Morgan fingerprint density at radius 3 is 2.84 bits per heavy atom. The van der Waals surface area contributed by atoms with E-state index in [4.69, 9.17) is 0 Å². The van der Waals surface area contributed by atoms with Crippen LogP contribution in [0.1, 0.15) is 35.3 Å². The van der Waals surface area contributed by atoms with E-state index in [2.05, 4.69) is 32.2 Å². The quantitative estimate of drug-likeness (QED) is 0.899. The highest BCUT2D eigenvalue weighted by molar-refractivity contribution is 5.99. The first-order valence-corrected chi connectivity index (χ1v) is 9.14. The molecular weight excluding hydrogens is 316 g/mol. The van der Waals surface area contributed by atoms with Crippen molar-refractivity contribution in [3.63, 3.8) is 0 Å². The molecule has 1 N–H and O–H groups in total. The molecule has 7 heteroatoms. The van der Waals surface area contributed by atoms with E-state index in [1.165, 1.54) is 25.9 Å². The zero-order valence-electron chi connectivity index (χ0n) is 15.0. The Labute approximate surface area is 148 Å². The highest BCUT2D eigenvalue weighted by Crippen LogP contribution is 2.21. The molecule has 7 nitrogen and oxygen atoms in total. The lowest BCUT2D eigenvalue weighted by Gasteiger charge is -2.35. The van der Waals surface area contributed by atoms with Crippen molar-refractivity contribution in [1.82, 2.24) is 29.7 Å². The molecule has 0 saturated carbocycles. The lowest BCUT2D eigenvalue weighted by atomic mass is 10.0. The van der Waals surface area contributed by atoms with E-state index >= 15 is 0 Å². The van der Waals surface area contributed by atoms with Crippen molar-refractivity contribution in [3.05, 3.63) is 29.7 Å². The molecule has 0 unspecified atom stereocenters. The number of likely N-dealkylation sites (tertiary alicyclic amines) is 2. The summed E-state index contributed by atoms with van der Waals surface area (Å²) in [6, 6.07) is 2.77. The number of hydrogen-bond donors (Lipinski definition) is 1. The predicted octanol–water partition coefficient (Wildman–Crippen LogP) is 0.936. The van der Waals surface area contributed by atoms with Gasteiger partial charge in [0.05, 0.1) is 6.20 Å². The van der Waals surface area contributed by atoms with E-state index in [1.807, 2.05) is 19.2 Å². The van der Waals surface area contributed by atoms with Gasteiger partial charge in [-0.1, -0.05) is 0 Å². The minimum absolute atomic E-state index is 0.0664. The summed E-state index contributed by atoms with van der Waals surface area (Å²) < 4.78 is 1.65. The smallest absolute Gasteiger partial charge is 0.257 e. The molecule has 2 aliphatic heterocycles. The molecule has 0 bridgehead atoms. The van der Waals surface area contributed by atoms with Gasteiger partial charge >= 0.3 is 0 Å². The Morgan fingerprint density at radius 2 is 2.04 bits per heavy atom. The molecule has 2 fully saturated rings. The van der Waals surface area contributed by atoms with E-state index in [0.717, 1.165) is 25.2 Å². The number of aromatic nitrogens is 3. The van der Waals surface area contributed by atoms with Crippen molar-refractivity contribution in [2.45, 2.75) is 38.3 Å². The largest absolute Gasteiger partial charge is 0.348 e. The molecule has 0 aliphatic carbocycles. The number of nitrogens with zero attached hydrogens (tertiary/aromatic N) is 5. The molecule has 4 rings (SSSR count). The van der Waals surface area contributed by atoms with Gasteiger partial charge < -0.3 is 10.2 Å². The highest BCUT2D eigenvalue weighted by atomic mass is 16.1. The van der Waals surface area contributed by atoms with Crippen molar-refractivity contribution in [3.8, 4) is 0 Å². The minimum atomic E-state index is -0.0664. The fourth-order valence-electron chi connectivity index (χ4n) is 3.98. The first kappa shape index (κ1) is 16.5. The van der Waals surface area contributed by atoms with Crippen LogP contribution in [0.4, 0.5) is 0 Å². The molecular formula is C18H26N6O. The van der Waals surface area contributed by atoms with E-state index in [-0.39, 0.29) is 11.9 Å². The van der Waals surface area contributed by atoms with Crippen LogP contribution in [0, 0.1) is 6.92 Å². The molecule has 1 atom stereocenters. The second kappa shape index (κ2) is 6.72. The summed E-state index contributed by atoms with van der Waals surface area (Å²) in [6.45, 7) is 6.29. The van der Waals surface area contributed by atoms with Crippen LogP contribution in [0.15, 0.2) is 18.5 Å². The maximum absolute atomic E-state index is 12.7. The number of amides is 1. The van der Waals surface area contributed by atoms with E-state index in [1.54, 1.807) is 10.7 Å². The van der Waals surface area contributed by atoms with Crippen LogP contribution < -0.4 is 5.32 Å². The van der Waals surface area contributed by atoms with Gasteiger partial charge in [0.15, 0.2) is 5.65 Å². The molecule has 2 saturated heterocycles. The van der Waals surface area contributed by atoms with Gasteiger partial charge in [-0.25, -0.2) is 9.50 Å². The number of aryl methyl sites for hydroxylation is 1. The number of nitrogens with one attached hydrogen (secondary N) is 1. The molecule has 0 aromatic carbocycles. The zero-order chi connectivity index (χ0) is 17.4. The number of hydrogen-bond acceptors (Lipinski definition) is 5. The summed E-state index contributed by atoms with van der Waals surface area (Å²) in [6.07, 6.45) is 6.93. The van der Waals surface area contributed by atoms with Gasteiger partial charge in [-0.05, 0) is 52.4 Å². The Kier molecular flexibility index (Phi) is 4.43. The topological polar surface area (TPSA) is 65.8 Å². The summed E-state index contributed by atoms with van der Waals surface area (Å²) in [4.78, 5) is 22.1. The molecule has 25 heavy (non-hydrogen) atoms. The van der Waals surface area contributed by atoms with Crippen molar-refractivity contribution < 1.29 is 4.79 Å². The predicted molar refractivity (Wildman–Crippen MR) is 95.7 cm³/mol. The Hall–Kier alpha value is -1.99. The Bertz CT molecular complexity index is 764. The van der Waals surface area contributed by atoms with Crippen molar-refractivity contribution in [2.24, 2.45) is 0 Å². The first-order chi connectivity index (χ1) is 12.1. The maximum Gasteiger partial charge on any atom is 0.257 e. The average Bonchev–Trinajstić information content (AvgIpc) is 3.22. The van der Waals surface area contributed by atoms with Crippen molar-refractivity contribution >= 4 is 11.6 Å². The number of carbonyl (C=O) groups excluding carboxylic acids is 1. The van der Waals surface area contributed by atoms with Crippen LogP contribution in [-0.2, 0) is 0 Å². The average molecular weight is 342 g/mol. The number of rotatable bonds is 3. The molecule has 2 aliphatic rings. The van der Waals surface area contributed by atoms with Gasteiger partial charge in [0.25, 0.3) is 5.91 Å². The third kappa shape index (κ3) is 3.39. The normalized spacial score (nSPS) is 23.4. The van der Waals surface area contributed by atoms with Gasteiger partial charge in [0.1, 0.15) is 5.56 Å². The monoisotopic (exact) mass is 342 g/mol. The Morgan fingerprint density at radius 1 is 1.24 bits per heavy atom. The second-order valence-electron chi connectivity index (χ2n) is 7.38. The summed E-state index contributed by atoms with van der Waals surface area (Å²) in [5, 5.41) is 7.42. The summed E-state index contributed by atoms with van der Waals surface area (Å²) >= 11 is 0. The summed E-state index contributed by atoms with van der Waals surface area (Å²) in [7, 11) is 2.19. The van der Waals surface area contributed by atoms with Gasteiger partial charge in [-0.15, -0.1) is 0 Å². The minimum Gasteiger partial charge on any atom is -0.348 e. The van der Waals surface area contributed by atoms with Crippen LogP contribution in [-0.4, -0.2) is 75.6 Å². The molecule has 1 amide bonds. The standard InChI is InChI=1S/C18H26N6O/c1-13-3-10-24-17(20-13)16(11-19-24)18(25)21-14-4-9-23(12-14)15-5-7-22(2)8-6-15/h3,10-11,14-15H,4-9,12H2,1-2H3,(H,21,25)/t14-/m0/s1. The van der Waals surface area contributed by atoms with E-state index in [9.17, 15) is 4.79 Å². The SMILES string of the molecule is Cc1ccn2ncc(C(=O)N[C@H]3CCN(C4CCN(C)CC4)C3)c2n1. The third-order valence-corrected chi connectivity index (χ3v) is 5.51. The first-order valence-electron chi connectivity index (χ1n) is 9.14. The van der Waals surface area contributed by atoms with Crippen LogP contribution in [0.5, 0.6) is 0 Å².